The quantitative estimate of drug-likeness (QED) is 0.604. The Kier molecular flexibility index (Phi) is 3.86. The Balaban J connectivity index is 1.84. The molecular weight excluding hydrogens is 230 g/mol. The van der Waals surface area contributed by atoms with E-state index in [-0.39, 0.29) is 6.61 Å². The van der Waals surface area contributed by atoms with Gasteiger partial charge in [-0.3, -0.25) is 4.68 Å². The Morgan fingerprint density at radius 3 is 2.83 bits per heavy atom. The molecule has 1 heterocycles. The Labute approximate surface area is 105 Å². The number of rotatable bonds is 4. The first kappa shape index (κ1) is 12.0. The standard InChI is InChI=1S/C13H13N3O2/c1-16-9-12(14-15-16)7-8-13(17)18-10-11-5-3-2-4-6-11/h2-9H,10H2,1H3. The number of aromatic nitrogens is 3. The summed E-state index contributed by atoms with van der Waals surface area (Å²) in [5, 5.41) is 7.58. The third-order valence-corrected chi connectivity index (χ3v) is 2.23. The summed E-state index contributed by atoms with van der Waals surface area (Å²) >= 11 is 0. The molecule has 92 valence electrons. The lowest BCUT2D eigenvalue weighted by molar-refractivity contribution is -0.138. The Hall–Kier alpha value is -2.43. The van der Waals surface area contributed by atoms with Crippen LogP contribution in [0.3, 0.4) is 0 Å². The second-order valence-electron chi connectivity index (χ2n) is 3.74. The van der Waals surface area contributed by atoms with Crippen molar-refractivity contribution in [3.63, 3.8) is 0 Å². The summed E-state index contributed by atoms with van der Waals surface area (Å²) in [5.74, 6) is -0.399. The minimum absolute atomic E-state index is 0.268. The van der Waals surface area contributed by atoms with Gasteiger partial charge in [0.2, 0.25) is 0 Å². The van der Waals surface area contributed by atoms with Crippen molar-refractivity contribution in [2.75, 3.05) is 0 Å². The smallest absolute Gasteiger partial charge is 0.331 e. The molecule has 0 spiro atoms. The summed E-state index contributed by atoms with van der Waals surface area (Å²) in [6.07, 6.45) is 4.62. The van der Waals surface area contributed by atoms with Crippen molar-refractivity contribution in [3.8, 4) is 0 Å². The number of hydrogen-bond acceptors (Lipinski definition) is 4. The molecule has 0 aliphatic rings. The largest absolute Gasteiger partial charge is 0.458 e. The molecule has 5 nitrogen and oxygen atoms in total. The van der Waals surface area contributed by atoms with Crippen LogP contribution in [0.1, 0.15) is 11.3 Å². The average molecular weight is 243 g/mol. The average Bonchev–Trinajstić information content (AvgIpc) is 2.81. The molecule has 1 aromatic heterocycles. The molecule has 0 bridgehead atoms. The molecule has 2 aromatic rings. The van der Waals surface area contributed by atoms with Crippen molar-refractivity contribution < 1.29 is 9.53 Å². The van der Waals surface area contributed by atoms with Gasteiger partial charge in [0.25, 0.3) is 0 Å². The van der Waals surface area contributed by atoms with E-state index in [0.29, 0.717) is 5.69 Å². The van der Waals surface area contributed by atoms with E-state index in [0.717, 1.165) is 5.56 Å². The SMILES string of the molecule is Cn1cc(C=CC(=O)OCc2ccccc2)nn1. The summed E-state index contributed by atoms with van der Waals surface area (Å²) in [7, 11) is 1.76. The number of aryl methyl sites for hydroxylation is 1. The maximum absolute atomic E-state index is 11.4. The van der Waals surface area contributed by atoms with Gasteiger partial charge in [-0.05, 0) is 11.6 Å². The van der Waals surface area contributed by atoms with Crippen molar-refractivity contribution in [2.45, 2.75) is 6.61 Å². The maximum atomic E-state index is 11.4. The van der Waals surface area contributed by atoms with Crippen LogP contribution in [-0.2, 0) is 23.2 Å². The zero-order valence-electron chi connectivity index (χ0n) is 9.98. The van der Waals surface area contributed by atoms with Crippen LogP contribution in [-0.4, -0.2) is 21.0 Å². The van der Waals surface area contributed by atoms with E-state index in [1.54, 1.807) is 24.0 Å². The first-order chi connectivity index (χ1) is 8.74. The lowest BCUT2D eigenvalue weighted by Crippen LogP contribution is -2.00. The molecule has 0 amide bonds. The van der Waals surface area contributed by atoms with Crippen molar-refractivity contribution in [2.24, 2.45) is 7.05 Å². The number of nitrogens with zero attached hydrogens (tertiary/aromatic N) is 3. The van der Waals surface area contributed by atoms with Gasteiger partial charge in [0.15, 0.2) is 0 Å². The second kappa shape index (κ2) is 5.77. The molecule has 18 heavy (non-hydrogen) atoms. The topological polar surface area (TPSA) is 57.0 Å². The van der Waals surface area contributed by atoms with Crippen LogP contribution in [0.25, 0.3) is 6.08 Å². The van der Waals surface area contributed by atoms with Crippen molar-refractivity contribution in [3.05, 3.63) is 53.9 Å². The van der Waals surface area contributed by atoms with Gasteiger partial charge in [-0.15, -0.1) is 5.10 Å². The first-order valence-electron chi connectivity index (χ1n) is 5.49. The van der Waals surface area contributed by atoms with Crippen LogP contribution in [0, 0.1) is 0 Å². The summed E-state index contributed by atoms with van der Waals surface area (Å²) in [6, 6.07) is 9.52. The van der Waals surface area contributed by atoms with Crippen LogP contribution in [0.2, 0.25) is 0 Å². The Morgan fingerprint density at radius 1 is 1.39 bits per heavy atom. The highest BCUT2D eigenvalue weighted by Crippen LogP contribution is 2.02. The van der Waals surface area contributed by atoms with Crippen molar-refractivity contribution >= 4 is 12.0 Å². The molecular formula is C13H13N3O2. The Bertz CT molecular complexity index is 546. The lowest BCUT2D eigenvalue weighted by atomic mass is 10.2. The number of carbonyl (C=O) groups excluding carboxylic acids is 1. The molecule has 0 atom stereocenters. The minimum Gasteiger partial charge on any atom is -0.458 e. The van der Waals surface area contributed by atoms with Crippen molar-refractivity contribution in [1.29, 1.82) is 0 Å². The molecule has 5 heteroatoms. The third-order valence-electron chi connectivity index (χ3n) is 2.23. The highest BCUT2D eigenvalue weighted by atomic mass is 16.5. The fraction of sp³-hybridized carbons (Fsp3) is 0.154. The molecule has 0 unspecified atom stereocenters. The van der Waals surface area contributed by atoms with E-state index in [1.807, 2.05) is 30.3 Å². The highest BCUT2D eigenvalue weighted by molar-refractivity contribution is 5.86. The predicted molar refractivity (Wildman–Crippen MR) is 66.3 cm³/mol. The van der Waals surface area contributed by atoms with Crippen molar-refractivity contribution in [1.82, 2.24) is 15.0 Å². The summed E-state index contributed by atoms with van der Waals surface area (Å²) < 4.78 is 6.64. The second-order valence-corrected chi connectivity index (χ2v) is 3.74. The number of carbonyl (C=O) groups is 1. The normalized spacial score (nSPS) is 10.7. The van der Waals surface area contributed by atoms with Crippen LogP contribution in [0.5, 0.6) is 0 Å². The van der Waals surface area contributed by atoms with Crippen LogP contribution < -0.4 is 0 Å². The molecule has 1 aromatic carbocycles. The fourth-order valence-electron chi connectivity index (χ4n) is 1.37. The van der Waals surface area contributed by atoms with Gasteiger partial charge >= 0.3 is 5.97 Å². The summed E-state index contributed by atoms with van der Waals surface area (Å²) in [5.41, 5.74) is 1.58. The van der Waals surface area contributed by atoms with Gasteiger partial charge in [0, 0.05) is 13.1 Å². The Morgan fingerprint density at radius 2 is 2.17 bits per heavy atom. The zero-order valence-corrected chi connectivity index (χ0v) is 9.98. The molecule has 0 fully saturated rings. The van der Waals surface area contributed by atoms with Gasteiger partial charge in [-0.2, -0.15) is 0 Å². The molecule has 0 aliphatic carbocycles. The van der Waals surface area contributed by atoms with E-state index < -0.39 is 5.97 Å². The monoisotopic (exact) mass is 243 g/mol. The van der Waals surface area contributed by atoms with Gasteiger partial charge in [0.05, 0.1) is 6.20 Å². The van der Waals surface area contributed by atoms with Crippen LogP contribution in [0.15, 0.2) is 42.6 Å². The zero-order chi connectivity index (χ0) is 12.8. The number of hydrogen-bond donors (Lipinski definition) is 0. The maximum Gasteiger partial charge on any atom is 0.331 e. The van der Waals surface area contributed by atoms with Gasteiger partial charge in [-0.1, -0.05) is 35.5 Å². The van der Waals surface area contributed by atoms with Gasteiger partial charge < -0.3 is 4.74 Å². The molecule has 2 rings (SSSR count). The first-order valence-corrected chi connectivity index (χ1v) is 5.49. The van der Waals surface area contributed by atoms with E-state index in [1.165, 1.54) is 6.08 Å². The predicted octanol–water partition coefficient (Wildman–Crippen LogP) is 1.57. The number of ether oxygens (including phenoxy) is 1. The van der Waals surface area contributed by atoms with E-state index in [4.69, 9.17) is 4.74 Å². The van der Waals surface area contributed by atoms with Crippen LogP contribution >= 0.6 is 0 Å². The minimum atomic E-state index is -0.399. The third kappa shape index (κ3) is 3.55. The molecule has 0 saturated heterocycles. The van der Waals surface area contributed by atoms with E-state index in [2.05, 4.69) is 10.3 Å². The summed E-state index contributed by atoms with van der Waals surface area (Å²) in [4.78, 5) is 11.4. The molecule has 0 saturated carbocycles. The lowest BCUT2D eigenvalue weighted by Gasteiger charge is -2.00. The molecule has 0 aliphatic heterocycles. The van der Waals surface area contributed by atoms with Crippen LogP contribution in [0.4, 0.5) is 0 Å². The van der Waals surface area contributed by atoms with E-state index >= 15 is 0 Å². The highest BCUT2D eigenvalue weighted by Gasteiger charge is 1.99. The summed E-state index contributed by atoms with van der Waals surface area (Å²) in [6.45, 7) is 0.268. The number of esters is 1. The van der Waals surface area contributed by atoms with Gasteiger partial charge in [-0.25, -0.2) is 4.79 Å². The molecule has 0 N–H and O–H groups in total. The molecule has 0 radical (unpaired) electrons. The van der Waals surface area contributed by atoms with E-state index in [9.17, 15) is 4.79 Å². The number of benzene rings is 1. The fourth-order valence-corrected chi connectivity index (χ4v) is 1.37. The van der Waals surface area contributed by atoms with Gasteiger partial charge in [0.1, 0.15) is 12.3 Å².